The minimum Gasteiger partial charge on any atom is -0.463 e. The van der Waals surface area contributed by atoms with Crippen molar-refractivity contribution in [1.82, 2.24) is 4.98 Å². The van der Waals surface area contributed by atoms with Gasteiger partial charge in [0.15, 0.2) is 6.23 Å². The third-order valence-electron chi connectivity index (χ3n) is 5.46. The zero-order valence-electron chi connectivity index (χ0n) is 19.8. The van der Waals surface area contributed by atoms with E-state index in [1.165, 1.54) is 0 Å². The van der Waals surface area contributed by atoms with Crippen LogP contribution in [0.2, 0.25) is 0 Å². The molecule has 35 heavy (non-hydrogen) atoms. The molecule has 1 aromatic heterocycles. The van der Waals surface area contributed by atoms with Crippen LogP contribution >= 0.6 is 0 Å². The highest BCUT2D eigenvalue weighted by Gasteiger charge is 2.51. The summed E-state index contributed by atoms with van der Waals surface area (Å²) in [4.78, 5) is 34.3. The van der Waals surface area contributed by atoms with E-state index in [1.54, 1.807) is 32.2 Å². The molecule has 0 radical (unpaired) electrons. The molecule has 0 amide bonds. The minimum absolute atomic E-state index is 0.0253. The molecule has 2 N–H and O–H groups in total. The average molecular weight is 488 g/mol. The topological polar surface area (TPSA) is 122 Å². The van der Waals surface area contributed by atoms with Crippen molar-refractivity contribution in [2.75, 3.05) is 19.8 Å². The number of nitrogens with zero attached hydrogens (tertiary/aromatic N) is 2. The molecule has 9 nitrogen and oxygen atoms in total. The van der Waals surface area contributed by atoms with Crippen molar-refractivity contribution in [1.29, 1.82) is 0 Å². The Bertz CT molecular complexity index is 984. The summed E-state index contributed by atoms with van der Waals surface area (Å²) in [5, 5.41) is 0. The largest absolute Gasteiger partial charge is 0.463 e. The number of benzene rings is 1. The Morgan fingerprint density at radius 3 is 2.43 bits per heavy atom. The van der Waals surface area contributed by atoms with Gasteiger partial charge in [-0.05, 0) is 31.5 Å². The second-order valence-corrected chi connectivity index (χ2v) is 7.87. The molecule has 0 aliphatic carbocycles. The Morgan fingerprint density at radius 1 is 1.17 bits per heavy atom. The first kappa shape index (κ1) is 26.2. The Kier molecular flexibility index (Phi) is 9.27. The van der Waals surface area contributed by atoms with Crippen molar-refractivity contribution >= 4 is 18.3 Å². The van der Waals surface area contributed by atoms with E-state index < -0.39 is 36.0 Å². The second-order valence-electron chi connectivity index (χ2n) is 7.87. The third kappa shape index (κ3) is 6.40. The minimum atomic E-state index is -2.09. The van der Waals surface area contributed by atoms with Crippen molar-refractivity contribution in [3.63, 3.8) is 0 Å². The molecule has 1 aliphatic heterocycles. The summed E-state index contributed by atoms with van der Waals surface area (Å²) in [7, 11) is 0. The van der Waals surface area contributed by atoms with Gasteiger partial charge in [0.1, 0.15) is 6.17 Å². The number of esters is 2. The van der Waals surface area contributed by atoms with Crippen LogP contribution in [0.1, 0.15) is 25.8 Å². The summed E-state index contributed by atoms with van der Waals surface area (Å²) in [6, 6.07) is 12.8. The number of aliphatic imine (C=N–C) groups is 1. The maximum absolute atomic E-state index is 14.2. The molecular formula is C25H30FN3O6. The Hall–Kier alpha value is -3.37. The number of halogens is 1. The maximum Gasteiger partial charge on any atom is 0.350 e. The highest BCUT2D eigenvalue weighted by Crippen LogP contribution is 2.29. The molecule has 0 bridgehead atoms. The van der Waals surface area contributed by atoms with Gasteiger partial charge in [0.25, 0.3) is 5.60 Å². The van der Waals surface area contributed by atoms with Crippen molar-refractivity contribution in [2.24, 2.45) is 10.7 Å². The normalized spacial score (nSPS) is 20.1. The molecule has 1 fully saturated rings. The Labute approximate surface area is 203 Å². The summed E-state index contributed by atoms with van der Waals surface area (Å²) in [5.74, 6) is -1.78. The fraction of sp³-hybridized carbons (Fsp3) is 0.440. The van der Waals surface area contributed by atoms with Gasteiger partial charge in [-0.15, -0.1) is 0 Å². The smallest absolute Gasteiger partial charge is 0.350 e. The lowest BCUT2D eigenvalue weighted by atomic mass is 9.93. The maximum atomic E-state index is 14.2. The van der Waals surface area contributed by atoms with Gasteiger partial charge >= 0.3 is 11.9 Å². The van der Waals surface area contributed by atoms with Gasteiger partial charge in [0.2, 0.25) is 0 Å². The molecule has 1 saturated heterocycles. The molecule has 3 atom stereocenters. The number of carbonyl (C=O) groups is 2. The third-order valence-corrected chi connectivity index (χ3v) is 5.46. The van der Waals surface area contributed by atoms with E-state index in [1.807, 2.05) is 30.3 Å². The van der Waals surface area contributed by atoms with Crippen LogP contribution in [-0.4, -0.2) is 67.2 Å². The van der Waals surface area contributed by atoms with E-state index in [0.29, 0.717) is 5.56 Å². The van der Waals surface area contributed by atoms with Crippen LogP contribution in [-0.2, 0) is 35.0 Å². The number of pyridine rings is 1. The van der Waals surface area contributed by atoms with Gasteiger partial charge in [-0.3, -0.25) is 4.98 Å². The van der Waals surface area contributed by atoms with E-state index in [4.69, 9.17) is 24.7 Å². The molecule has 1 aromatic carbocycles. The number of carbonyl (C=O) groups excluding carboxylic acids is 2. The zero-order valence-corrected chi connectivity index (χ0v) is 19.8. The SMILES string of the molecule is CCOC(=O)C(Cc1ccc(-c2ccccn2)cc1)(OCC1CC(F)C(/N=C/N)O1)C(=O)OCC. The van der Waals surface area contributed by atoms with Crippen LogP contribution in [0.15, 0.2) is 53.7 Å². The summed E-state index contributed by atoms with van der Waals surface area (Å²) in [6.45, 7) is 3.06. The number of hydrogen-bond donors (Lipinski definition) is 1. The van der Waals surface area contributed by atoms with Crippen LogP contribution in [0.4, 0.5) is 4.39 Å². The number of alkyl halides is 1. The Morgan fingerprint density at radius 2 is 1.86 bits per heavy atom. The zero-order chi connectivity index (χ0) is 25.3. The van der Waals surface area contributed by atoms with Crippen molar-refractivity contribution in [3.05, 3.63) is 54.2 Å². The van der Waals surface area contributed by atoms with E-state index in [2.05, 4.69) is 9.98 Å². The van der Waals surface area contributed by atoms with E-state index in [9.17, 15) is 14.0 Å². The van der Waals surface area contributed by atoms with E-state index in [0.717, 1.165) is 17.6 Å². The lowest BCUT2D eigenvalue weighted by molar-refractivity contribution is -0.194. The van der Waals surface area contributed by atoms with Gasteiger partial charge in [0, 0.05) is 24.6 Å². The molecule has 3 unspecified atom stereocenters. The average Bonchev–Trinajstić information content (AvgIpc) is 3.22. The summed E-state index contributed by atoms with van der Waals surface area (Å²) < 4.78 is 36.0. The van der Waals surface area contributed by atoms with Crippen LogP contribution in [0.5, 0.6) is 0 Å². The highest BCUT2D eigenvalue weighted by atomic mass is 19.1. The van der Waals surface area contributed by atoms with Crippen molar-refractivity contribution < 1.29 is 32.9 Å². The van der Waals surface area contributed by atoms with Crippen molar-refractivity contribution in [2.45, 2.75) is 50.8 Å². The van der Waals surface area contributed by atoms with Crippen LogP contribution in [0.25, 0.3) is 11.3 Å². The quantitative estimate of drug-likeness (QED) is 0.222. The molecule has 2 aromatic rings. The second kappa shape index (κ2) is 12.4. The molecule has 1 aliphatic rings. The first-order chi connectivity index (χ1) is 16.9. The van der Waals surface area contributed by atoms with Gasteiger partial charge in [-0.1, -0.05) is 30.3 Å². The van der Waals surface area contributed by atoms with E-state index in [-0.39, 0.29) is 32.7 Å². The number of rotatable bonds is 11. The molecular weight excluding hydrogens is 457 g/mol. The number of aromatic nitrogens is 1. The highest BCUT2D eigenvalue weighted by molar-refractivity contribution is 6.04. The summed E-state index contributed by atoms with van der Waals surface area (Å²) in [5.41, 5.74) is 5.43. The van der Waals surface area contributed by atoms with Crippen molar-refractivity contribution in [3.8, 4) is 11.3 Å². The predicted molar refractivity (Wildman–Crippen MR) is 126 cm³/mol. The van der Waals surface area contributed by atoms with Crippen LogP contribution in [0, 0.1) is 0 Å². The van der Waals surface area contributed by atoms with Gasteiger partial charge in [0.05, 0.1) is 38.0 Å². The molecule has 0 spiro atoms. The number of ether oxygens (including phenoxy) is 4. The summed E-state index contributed by atoms with van der Waals surface area (Å²) >= 11 is 0. The molecule has 2 heterocycles. The predicted octanol–water partition coefficient (Wildman–Crippen LogP) is 2.61. The lowest BCUT2D eigenvalue weighted by Gasteiger charge is -2.30. The first-order valence-electron chi connectivity index (χ1n) is 11.4. The van der Waals surface area contributed by atoms with Gasteiger partial charge in [-0.2, -0.15) is 0 Å². The fourth-order valence-corrected chi connectivity index (χ4v) is 3.77. The van der Waals surface area contributed by atoms with Gasteiger partial charge < -0.3 is 24.7 Å². The lowest BCUT2D eigenvalue weighted by Crippen LogP contribution is -2.54. The van der Waals surface area contributed by atoms with Crippen LogP contribution in [0.3, 0.4) is 0 Å². The van der Waals surface area contributed by atoms with Gasteiger partial charge in [-0.25, -0.2) is 19.0 Å². The molecule has 10 heteroatoms. The number of hydrogen-bond acceptors (Lipinski definition) is 8. The Balaban J connectivity index is 1.86. The molecule has 188 valence electrons. The first-order valence-corrected chi connectivity index (χ1v) is 11.4. The monoisotopic (exact) mass is 487 g/mol. The van der Waals surface area contributed by atoms with Crippen LogP contribution < -0.4 is 5.73 Å². The van der Waals surface area contributed by atoms with E-state index >= 15 is 0 Å². The molecule has 3 rings (SSSR count). The molecule has 0 saturated carbocycles. The number of nitrogens with two attached hydrogens (primary N) is 1. The summed E-state index contributed by atoms with van der Waals surface area (Å²) in [6.07, 6.45) is -0.703. The fourth-order valence-electron chi connectivity index (χ4n) is 3.77. The standard InChI is InChI=1S/C25H30FN3O6/c1-3-32-23(30)25(24(31)33-4-2,34-15-19-13-20(26)22(35-19)29-16-27)14-17-8-10-18(11-9-17)21-7-5-6-12-28-21/h5-12,16,19-20,22H,3-4,13-15H2,1-2H3,(H2,27,29).